The Morgan fingerprint density at radius 2 is 2.26 bits per heavy atom. The van der Waals surface area contributed by atoms with Gasteiger partial charge in [-0.3, -0.25) is 4.79 Å². The van der Waals surface area contributed by atoms with Crippen molar-refractivity contribution < 1.29 is 14.1 Å². The maximum atomic E-state index is 12.9. The molecule has 4 aromatic rings. The quantitative estimate of drug-likeness (QED) is 0.560. The summed E-state index contributed by atoms with van der Waals surface area (Å²) in [4.78, 5) is 22.6. The number of aromatic nitrogens is 3. The molecule has 27 heavy (non-hydrogen) atoms. The van der Waals surface area contributed by atoms with E-state index < -0.39 is 0 Å². The van der Waals surface area contributed by atoms with Gasteiger partial charge in [-0.1, -0.05) is 5.16 Å². The number of thiazole rings is 1. The third-order valence-corrected chi connectivity index (χ3v) is 6.29. The molecule has 0 aliphatic carbocycles. The van der Waals surface area contributed by atoms with Gasteiger partial charge >= 0.3 is 0 Å². The molecule has 0 atom stereocenters. The topological polar surface area (TPSA) is 90.1 Å². The van der Waals surface area contributed by atoms with Crippen LogP contribution in [0.1, 0.15) is 26.6 Å². The van der Waals surface area contributed by atoms with Crippen molar-refractivity contribution in [3.8, 4) is 11.5 Å². The van der Waals surface area contributed by atoms with Crippen molar-refractivity contribution in [2.75, 3.05) is 11.9 Å². The molecular weight excluding hydrogens is 384 g/mol. The molecule has 0 fully saturated rings. The van der Waals surface area contributed by atoms with E-state index >= 15 is 0 Å². The van der Waals surface area contributed by atoms with E-state index in [4.69, 9.17) is 9.26 Å². The lowest BCUT2D eigenvalue weighted by atomic mass is 10.1. The molecule has 0 saturated heterocycles. The van der Waals surface area contributed by atoms with E-state index in [2.05, 4.69) is 20.4 Å². The highest BCUT2D eigenvalue weighted by molar-refractivity contribution is 7.17. The zero-order chi connectivity index (χ0) is 18.4. The van der Waals surface area contributed by atoms with E-state index in [0.717, 1.165) is 32.6 Å². The summed E-state index contributed by atoms with van der Waals surface area (Å²) in [5, 5.41) is 7.64. The van der Waals surface area contributed by atoms with Crippen LogP contribution in [-0.2, 0) is 17.8 Å². The number of amides is 1. The standard InChI is InChI=1S/C18H14N4O3S2/c1-9-20-17(25-22-9)15-11-4-5-24-7-14(11)27-18(15)21-16(23)10-2-3-12-13(6-10)26-8-19-12/h2-3,6,8H,4-5,7H2,1H3,(H,21,23). The van der Waals surface area contributed by atoms with Crippen LogP contribution >= 0.6 is 22.7 Å². The first-order chi connectivity index (χ1) is 13.2. The zero-order valence-corrected chi connectivity index (χ0v) is 15.9. The molecular formula is C18H14N4O3S2. The number of carbonyl (C=O) groups excluding carboxylic acids is 1. The second-order valence-electron chi connectivity index (χ2n) is 6.15. The number of nitrogens with zero attached hydrogens (tertiary/aromatic N) is 3. The molecule has 0 radical (unpaired) electrons. The van der Waals surface area contributed by atoms with Crippen molar-refractivity contribution in [3.05, 3.63) is 45.5 Å². The summed E-state index contributed by atoms with van der Waals surface area (Å²) in [6.45, 7) is 2.94. The van der Waals surface area contributed by atoms with Crippen molar-refractivity contribution >= 4 is 43.8 Å². The second kappa shape index (κ2) is 6.52. The largest absolute Gasteiger partial charge is 0.376 e. The lowest BCUT2D eigenvalue weighted by Crippen LogP contribution is -2.12. The van der Waals surface area contributed by atoms with Gasteiger partial charge in [0.25, 0.3) is 11.8 Å². The minimum Gasteiger partial charge on any atom is -0.376 e. The van der Waals surface area contributed by atoms with Crippen LogP contribution in [0.4, 0.5) is 5.00 Å². The number of ether oxygens (including phenoxy) is 1. The Balaban J connectivity index is 1.54. The number of aryl methyl sites for hydroxylation is 1. The maximum absolute atomic E-state index is 12.9. The average molecular weight is 398 g/mol. The van der Waals surface area contributed by atoms with Crippen LogP contribution in [0.3, 0.4) is 0 Å². The van der Waals surface area contributed by atoms with E-state index in [1.54, 1.807) is 18.5 Å². The number of anilines is 1. The Labute approximate surface area is 162 Å². The Morgan fingerprint density at radius 1 is 1.33 bits per heavy atom. The first-order valence-electron chi connectivity index (χ1n) is 8.36. The lowest BCUT2D eigenvalue weighted by molar-refractivity contribution is 0.102. The predicted octanol–water partition coefficient (Wildman–Crippen LogP) is 4.04. The van der Waals surface area contributed by atoms with Gasteiger partial charge in [-0.25, -0.2) is 4.98 Å². The van der Waals surface area contributed by atoms with Gasteiger partial charge in [-0.15, -0.1) is 22.7 Å². The predicted molar refractivity (Wildman–Crippen MR) is 103 cm³/mol. The number of rotatable bonds is 3. The van der Waals surface area contributed by atoms with Gasteiger partial charge in [0.1, 0.15) is 5.00 Å². The highest BCUT2D eigenvalue weighted by atomic mass is 32.1. The van der Waals surface area contributed by atoms with Crippen molar-refractivity contribution in [3.63, 3.8) is 0 Å². The Hall–Kier alpha value is -2.62. The number of hydrogen-bond donors (Lipinski definition) is 1. The minimum absolute atomic E-state index is 0.178. The molecule has 0 spiro atoms. The van der Waals surface area contributed by atoms with Crippen LogP contribution in [0.5, 0.6) is 0 Å². The normalized spacial score (nSPS) is 13.7. The summed E-state index contributed by atoms with van der Waals surface area (Å²) in [6.07, 6.45) is 0.755. The van der Waals surface area contributed by atoms with Crippen molar-refractivity contribution in [2.45, 2.75) is 20.0 Å². The Bertz CT molecular complexity index is 1160. The summed E-state index contributed by atoms with van der Waals surface area (Å²) in [6, 6.07) is 5.50. The third kappa shape index (κ3) is 2.93. The molecule has 1 N–H and O–H groups in total. The van der Waals surface area contributed by atoms with Crippen molar-refractivity contribution in [1.29, 1.82) is 0 Å². The smallest absolute Gasteiger partial charge is 0.261 e. The van der Waals surface area contributed by atoms with E-state index in [1.807, 2.05) is 12.1 Å². The number of hydrogen-bond acceptors (Lipinski definition) is 8. The number of nitrogens with one attached hydrogen (secondary N) is 1. The van der Waals surface area contributed by atoms with Gasteiger partial charge in [0, 0.05) is 10.4 Å². The van der Waals surface area contributed by atoms with Gasteiger partial charge in [-0.05, 0) is 37.1 Å². The van der Waals surface area contributed by atoms with Crippen molar-refractivity contribution in [2.24, 2.45) is 0 Å². The summed E-state index contributed by atoms with van der Waals surface area (Å²) in [5.74, 6) is 0.812. The first kappa shape index (κ1) is 16.5. The molecule has 1 amide bonds. The molecule has 1 aliphatic rings. The van der Waals surface area contributed by atoms with Crippen molar-refractivity contribution in [1.82, 2.24) is 15.1 Å². The van der Waals surface area contributed by atoms with Crippen LogP contribution in [0.25, 0.3) is 21.7 Å². The molecule has 1 aromatic carbocycles. The molecule has 3 aromatic heterocycles. The van der Waals surface area contributed by atoms with E-state index in [-0.39, 0.29) is 5.91 Å². The van der Waals surface area contributed by atoms with E-state index in [9.17, 15) is 4.79 Å². The number of benzene rings is 1. The lowest BCUT2D eigenvalue weighted by Gasteiger charge is -2.12. The number of thiophene rings is 1. The van der Waals surface area contributed by atoms with Gasteiger partial charge in [0.2, 0.25) is 0 Å². The Morgan fingerprint density at radius 3 is 3.11 bits per heavy atom. The molecule has 5 rings (SSSR count). The SMILES string of the molecule is Cc1noc(-c2c(NC(=O)c3ccc4ncsc4c3)sc3c2CCOC3)n1. The Kier molecular flexibility index (Phi) is 4.00. The molecule has 136 valence electrons. The van der Waals surface area contributed by atoms with Crippen LogP contribution in [0.2, 0.25) is 0 Å². The van der Waals surface area contributed by atoms with E-state index in [0.29, 0.717) is 35.5 Å². The summed E-state index contributed by atoms with van der Waals surface area (Å²) in [5.41, 5.74) is 5.17. The van der Waals surface area contributed by atoms with Crippen LogP contribution in [-0.4, -0.2) is 27.6 Å². The zero-order valence-electron chi connectivity index (χ0n) is 14.3. The van der Waals surface area contributed by atoms with Crippen LogP contribution < -0.4 is 5.32 Å². The number of fused-ring (bicyclic) bond motifs is 2. The molecule has 0 saturated carbocycles. The minimum atomic E-state index is -0.178. The van der Waals surface area contributed by atoms with Crippen LogP contribution in [0, 0.1) is 6.92 Å². The van der Waals surface area contributed by atoms with E-state index in [1.165, 1.54) is 22.7 Å². The highest BCUT2D eigenvalue weighted by Gasteiger charge is 2.27. The molecule has 9 heteroatoms. The number of carbonyl (C=O) groups is 1. The summed E-state index contributed by atoms with van der Waals surface area (Å²) >= 11 is 3.01. The van der Waals surface area contributed by atoms with Crippen LogP contribution in [0.15, 0.2) is 28.2 Å². The molecule has 7 nitrogen and oxygen atoms in total. The monoisotopic (exact) mass is 398 g/mol. The first-order valence-corrected chi connectivity index (χ1v) is 10.1. The molecule has 0 unspecified atom stereocenters. The molecule has 1 aliphatic heterocycles. The third-order valence-electron chi connectivity index (χ3n) is 4.38. The fraction of sp³-hybridized carbons (Fsp3) is 0.222. The van der Waals surface area contributed by atoms with Gasteiger partial charge in [0.05, 0.1) is 34.5 Å². The molecule has 0 bridgehead atoms. The summed E-state index contributed by atoms with van der Waals surface area (Å²) in [7, 11) is 0. The van der Waals surface area contributed by atoms with Gasteiger partial charge in [-0.2, -0.15) is 4.98 Å². The summed E-state index contributed by atoms with van der Waals surface area (Å²) < 4.78 is 11.9. The molecule has 4 heterocycles. The average Bonchev–Trinajstić information content (AvgIpc) is 3.38. The van der Waals surface area contributed by atoms with Gasteiger partial charge < -0.3 is 14.6 Å². The fourth-order valence-corrected chi connectivity index (χ4v) is 5.01. The second-order valence-corrected chi connectivity index (χ2v) is 8.14. The van der Waals surface area contributed by atoms with Gasteiger partial charge in [0.15, 0.2) is 5.82 Å². The fourth-order valence-electron chi connectivity index (χ4n) is 3.12. The maximum Gasteiger partial charge on any atom is 0.261 e. The highest BCUT2D eigenvalue weighted by Crippen LogP contribution is 2.42.